The molecule has 1 aromatic heterocycles. The summed E-state index contributed by atoms with van der Waals surface area (Å²) in [5, 5.41) is 0. The van der Waals surface area contributed by atoms with Crippen LogP contribution in [0.25, 0.3) is 11.0 Å². The van der Waals surface area contributed by atoms with E-state index in [-0.39, 0.29) is 11.7 Å². The van der Waals surface area contributed by atoms with Crippen molar-refractivity contribution in [1.29, 1.82) is 0 Å². The van der Waals surface area contributed by atoms with E-state index >= 15 is 0 Å². The van der Waals surface area contributed by atoms with Crippen molar-refractivity contribution in [2.45, 2.75) is 44.9 Å². The Morgan fingerprint density at radius 2 is 1.41 bits per heavy atom. The number of nitrogens with zero attached hydrogens (tertiary/aromatic N) is 3. The second-order valence-electron chi connectivity index (χ2n) is 9.57. The Kier molecular flexibility index (Phi) is 6.93. The summed E-state index contributed by atoms with van der Waals surface area (Å²) in [5.41, 5.74) is 4.67. The third kappa shape index (κ3) is 5.16. The van der Waals surface area contributed by atoms with Gasteiger partial charge in [-0.05, 0) is 43.0 Å². The van der Waals surface area contributed by atoms with Gasteiger partial charge < -0.3 is 9.88 Å². The molecule has 5 heteroatoms. The van der Waals surface area contributed by atoms with Crippen LogP contribution >= 0.6 is 0 Å². The van der Waals surface area contributed by atoms with Gasteiger partial charge >= 0.3 is 5.69 Å². The number of rotatable bonds is 8. The van der Waals surface area contributed by atoms with Gasteiger partial charge in [-0.2, -0.15) is 0 Å². The lowest BCUT2D eigenvalue weighted by Crippen LogP contribution is -2.45. The highest BCUT2D eigenvalue weighted by Crippen LogP contribution is 2.25. The molecule has 0 spiro atoms. The van der Waals surface area contributed by atoms with E-state index in [2.05, 4.69) is 82.4 Å². The topological polar surface area (TPSA) is 44.3 Å². The standard InChI is InChI=1S/C29H34N4O/c1-23(32(21-24-10-4-2-5-11-24)22-25-12-6-3-7-13-25)20-31-18-16-26(17-19-31)33-28-15-9-8-14-27(28)30-29(33)34/h2-15,23,26H,16-22H2,1H3,(H,30,34). The molecule has 34 heavy (non-hydrogen) atoms. The summed E-state index contributed by atoms with van der Waals surface area (Å²) < 4.78 is 1.98. The minimum atomic E-state index is 0.0184. The van der Waals surface area contributed by atoms with Gasteiger partial charge in [0, 0.05) is 44.8 Å². The van der Waals surface area contributed by atoms with Gasteiger partial charge in [0.1, 0.15) is 0 Å². The average molecular weight is 455 g/mol. The van der Waals surface area contributed by atoms with Crippen LogP contribution in [-0.4, -0.2) is 45.0 Å². The molecular weight excluding hydrogens is 420 g/mol. The van der Waals surface area contributed by atoms with Gasteiger partial charge in [0.15, 0.2) is 0 Å². The van der Waals surface area contributed by atoms with E-state index in [0.717, 1.165) is 56.6 Å². The predicted octanol–water partition coefficient (Wildman–Crippen LogP) is 5.06. The number of para-hydroxylation sites is 2. The molecule has 1 aliphatic rings. The van der Waals surface area contributed by atoms with Crippen molar-refractivity contribution < 1.29 is 0 Å². The third-order valence-corrected chi connectivity index (χ3v) is 7.15. The molecule has 0 aliphatic carbocycles. The number of nitrogens with one attached hydrogen (secondary N) is 1. The van der Waals surface area contributed by atoms with E-state index in [0.29, 0.717) is 6.04 Å². The van der Waals surface area contributed by atoms with Crippen molar-refractivity contribution in [2.75, 3.05) is 19.6 Å². The highest BCUT2D eigenvalue weighted by atomic mass is 16.1. The van der Waals surface area contributed by atoms with Crippen LogP contribution in [0.4, 0.5) is 0 Å². The van der Waals surface area contributed by atoms with Crippen LogP contribution in [0.5, 0.6) is 0 Å². The number of fused-ring (bicyclic) bond motifs is 1. The zero-order valence-electron chi connectivity index (χ0n) is 19.9. The Morgan fingerprint density at radius 3 is 2.03 bits per heavy atom. The molecule has 1 saturated heterocycles. The van der Waals surface area contributed by atoms with E-state index in [4.69, 9.17) is 0 Å². The van der Waals surface area contributed by atoms with E-state index < -0.39 is 0 Å². The first-order valence-electron chi connectivity index (χ1n) is 12.4. The van der Waals surface area contributed by atoms with E-state index in [1.54, 1.807) is 0 Å². The fourth-order valence-corrected chi connectivity index (χ4v) is 5.29. The van der Waals surface area contributed by atoms with E-state index in [1.165, 1.54) is 11.1 Å². The van der Waals surface area contributed by atoms with Crippen LogP contribution in [0.3, 0.4) is 0 Å². The number of H-pyrrole nitrogens is 1. The van der Waals surface area contributed by atoms with Gasteiger partial charge in [0.05, 0.1) is 11.0 Å². The van der Waals surface area contributed by atoms with Crippen LogP contribution in [-0.2, 0) is 13.1 Å². The summed E-state index contributed by atoms with van der Waals surface area (Å²) in [6, 6.07) is 30.2. The van der Waals surface area contributed by atoms with Crippen molar-refractivity contribution in [1.82, 2.24) is 19.4 Å². The molecule has 1 atom stereocenters. The van der Waals surface area contributed by atoms with Crippen LogP contribution in [0, 0.1) is 0 Å². The van der Waals surface area contributed by atoms with E-state index in [1.807, 2.05) is 28.8 Å². The minimum Gasteiger partial charge on any atom is -0.306 e. The van der Waals surface area contributed by atoms with Gasteiger partial charge in [0.2, 0.25) is 0 Å². The number of hydrogen-bond acceptors (Lipinski definition) is 3. The van der Waals surface area contributed by atoms with Crippen molar-refractivity contribution in [3.63, 3.8) is 0 Å². The zero-order chi connectivity index (χ0) is 23.3. The first-order chi connectivity index (χ1) is 16.7. The Bertz CT molecular complexity index is 1200. The van der Waals surface area contributed by atoms with Crippen LogP contribution < -0.4 is 5.69 Å². The number of aromatic amines is 1. The number of imidazole rings is 1. The molecule has 4 aromatic rings. The molecule has 2 heterocycles. The Morgan fingerprint density at radius 1 is 0.853 bits per heavy atom. The van der Waals surface area contributed by atoms with Crippen molar-refractivity contribution in [2.24, 2.45) is 0 Å². The van der Waals surface area contributed by atoms with Crippen molar-refractivity contribution in [3.8, 4) is 0 Å². The lowest BCUT2D eigenvalue weighted by molar-refractivity contribution is 0.111. The second-order valence-corrected chi connectivity index (χ2v) is 9.57. The zero-order valence-corrected chi connectivity index (χ0v) is 19.9. The molecule has 0 saturated carbocycles. The molecule has 3 aromatic carbocycles. The Balaban J connectivity index is 1.24. The highest BCUT2D eigenvalue weighted by Gasteiger charge is 2.25. The number of likely N-dealkylation sites (tertiary alicyclic amines) is 1. The summed E-state index contributed by atoms with van der Waals surface area (Å²) in [7, 11) is 0. The Hall–Kier alpha value is -3.15. The number of aromatic nitrogens is 2. The van der Waals surface area contributed by atoms with Gasteiger partial charge in [-0.3, -0.25) is 9.47 Å². The maximum absolute atomic E-state index is 12.6. The molecular formula is C29H34N4O. The van der Waals surface area contributed by atoms with Gasteiger partial charge in [0.25, 0.3) is 0 Å². The predicted molar refractivity (Wildman–Crippen MR) is 139 cm³/mol. The molecule has 1 fully saturated rings. The summed E-state index contributed by atoms with van der Waals surface area (Å²) >= 11 is 0. The summed E-state index contributed by atoms with van der Waals surface area (Å²) in [5.74, 6) is 0. The van der Waals surface area contributed by atoms with Crippen LogP contribution in [0.15, 0.2) is 89.7 Å². The van der Waals surface area contributed by atoms with Gasteiger partial charge in [-0.25, -0.2) is 4.79 Å². The summed E-state index contributed by atoms with van der Waals surface area (Å²) in [6.45, 7) is 7.31. The molecule has 5 rings (SSSR count). The first-order valence-corrected chi connectivity index (χ1v) is 12.4. The maximum atomic E-state index is 12.6. The van der Waals surface area contributed by atoms with E-state index in [9.17, 15) is 4.79 Å². The lowest BCUT2D eigenvalue weighted by atomic mass is 10.0. The third-order valence-electron chi connectivity index (χ3n) is 7.15. The molecule has 1 aliphatic heterocycles. The fourth-order valence-electron chi connectivity index (χ4n) is 5.29. The number of benzene rings is 3. The molecule has 0 bridgehead atoms. The van der Waals surface area contributed by atoms with Crippen LogP contribution in [0.2, 0.25) is 0 Å². The molecule has 1 unspecified atom stereocenters. The highest BCUT2D eigenvalue weighted by molar-refractivity contribution is 5.75. The SMILES string of the molecule is CC(CN1CCC(n2c(=O)[nH]c3ccccc32)CC1)N(Cc1ccccc1)Cc1ccccc1. The van der Waals surface area contributed by atoms with Gasteiger partial charge in [-0.15, -0.1) is 0 Å². The molecule has 0 radical (unpaired) electrons. The molecule has 0 amide bonds. The molecule has 5 nitrogen and oxygen atoms in total. The first kappa shape index (κ1) is 22.6. The van der Waals surface area contributed by atoms with Crippen molar-refractivity contribution >= 4 is 11.0 Å². The number of piperidine rings is 1. The normalized spacial score (nSPS) is 16.3. The smallest absolute Gasteiger partial charge is 0.306 e. The lowest BCUT2D eigenvalue weighted by Gasteiger charge is -2.37. The average Bonchev–Trinajstić information content (AvgIpc) is 3.21. The fraction of sp³-hybridized carbons (Fsp3) is 0.345. The largest absolute Gasteiger partial charge is 0.326 e. The molecule has 1 N–H and O–H groups in total. The second kappa shape index (κ2) is 10.4. The number of hydrogen-bond donors (Lipinski definition) is 1. The van der Waals surface area contributed by atoms with Crippen molar-refractivity contribution in [3.05, 3.63) is 107 Å². The maximum Gasteiger partial charge on any atom is 0.326 e. The summed E-state index contributed by atoms with van der Waals surface area (Å²) in [6.07, 6.45) is 2.01. The van der Waals surface area contributed by atoms with Crippen LogP contribution in [0.1, 0.15) is 36.9 Å². The molecule has 176 valence electrons. The summed E-state index contributed by atoms with van der Waals surface area (Å²) in [4.78, 5) is 20.8. The Labute approximate surface area is 201 Å². The monoisotopic (exact) mass is 454 g/mol. The quantitative estimate of drug-likeness (QED) is 0.405. The minimum absolute atomic E-state index is 0.0184. The van der Waals surface area contributed by atoms with Gasteiger partial charge in [-0.1, -0.05) is 72.8 Å².